The number of rotatable bonds is 3. The lowest BCUT2D eigenvalue weighted by Crippen LogP contribution is -2.46. The Balaban J connectivity index is 1.61. The van der Waals surface area contributed by atoms with Crippen LogP contribution in [0.1, 0.15) is 23.5 Å². The number of carbonyl (C=O) groups is 2. The van der Waals surface area contributed by atoms with Gasteiger partial charge in [-0.1, -0.05) is 30.3 Å². The Morgan fingerprint density at radius 3 is 2.67 bits per heavy atom. The smallest absolute Gasteiger partial charge is 0.240 e. The number of para-hydroxylation sites is 1. The normalized spacial score (nSPS) is 24.5. The zero-order chi connectivity index (χ0) is 16.8. The van der Waals surface area contributed by atoms with E-state index in [0.29, 0.717) is 12.8 Å². The van der Waals surface area contributed by atoms with Crippen LogP contribution in [-0.2, 0) is 16.0 Å². The molecule has 1 fully saturated rings. The van der Waals surface area contributed by atoms with Crippen molar-refractivity contribution >= 4 is 17.5 Å². The molecule has 24 heavy (non-hydrogen) atoms. The van der Waals surface area contributed by atoms with Gasteiger partial charge in [0.25, 0.3) is 0 Å². The van der Waals surface area contributed by atoms with E-state index in [1.165, 1.54) is 12.1 Å². The SMILES string of the molecule is NC(=O)[C@@H]1Cc2ccccc2N1C(=O)[C@@H]1C[C@@H]1c1cccc(F)c1. The molecule has 2 aromatic rings. The minimum absolute atomic E-state index is 0.00879. The topological polar surface area (TPSA) is 63.4 Å². The van der Waals surface area contributed by atoms with E-state index in [1.54, 1.807) is 11.0 Å². The standard InChI is InChI=1S/C19H17FN2O2/c20-13-6-3-5-11(8-13)14-10-15(14)19(24)22-16-7-2-1-4-12(16)9-17(22)18(21)23/h1-8,14-15,17H,9-10H2,(H2,21,23)/t14-,15-,17+/m1/s1. The van der Waals surface area contributed by atoms with Crippen molar-refractivity contribution in [3.05, 3.63) is 65.5 Å². The molecular weight excluding hydrogens is 307 g/mol. The van der Waals surface area contributed by atoms with E-state index in [9.17, 15) is 14.0 Å². The zero-order valence-electron chi connectivity index (χ0n) is 13.0. The summed E-state index contributed by atoms with van der Waals surface area (Å²) in [6, 6.07) is 13.2. The quantitative estimate of drug-likeness (QED) is 0.942. The first-order valence-electron chi connectivity index (χ1n) is 8.02. The molecule has 1 aliphatic carbocycles. The maximum atomic E-state index is 13.4. The van der Waals surface area contributed by atoms with E-state index >= 15 is 0 Å². The average Bonchev–Trinajstić information content (AvgIpc) is 3.27. The van der Waals surface area contributed by atoms with Crippen LogP contribution >= 0.6 is 0 Å². The Morgan fingerprint density at radius 1 is 1.12 bits per heavy atom. The minimum atomic E-state index is -0.636. The Morgan fingerprint density at radius 2 is 1.92 bits per heavy atom. The van der Waals surface area contributed by atoms with Gasteiger partial charge >= 0.3 is 0 Å². The summed E-state index contributed by atoms with van der Waals surface area (Å²) in [5, 5.41) is 0. The first-order valence-corrected chi connectivity index (χ1v) is 8.02. The van der Waals surface area contributed by atoms with Crippen LogP contribution in [0.2, 0.25) is 0 Å². The van der Waals surface area contributed by atoms with Gasteiger partial charge in [0, 0.05) is 18.0 Å². The number of anilines is 1. The van der Waals surface area contributed by atoms with Gasteiger partial charge in [-0.05, 0) is 41.7 Å². The second kappa shape index (κ2) is 5.44. The molecule has 2 aliphatic rings. The predicted molar refractivity (Wildman–Crippen MR) is 87.9 cm³/mol. The molecule has 0 unspecified atom stereocenters. The first-order chi connectivity index (χ1) is 11.6. The van der Waals surface area contributed by atoms with E-state index in [2.05, 4.69) is 0 Å². The number of hydrogen-bond donors (Lipinski definition) is 1. The molecule has 2 amide bonds. The fourth-order valence-electron chi connectivity index (χ4n) is 3.64. The molecule has 0 spiro atoms. The van der Waals surface area contributed by atoms with Gasteiger partial charge in [-0.15, -0.1) is 0 Å². The number of nitrogens with zero attached hydrogens (tertiary/aromatic N) is 1. The van der Waals surface area contributed by atoms with Crippen molar-refractivity contribution in [3.63, 3.8) is 0 Å². The van der Waals surface area contributed by atoms with Crippen molar-refractivity contribution in [1.29, 1.82) is 0 Å². The Kier molecular flexibility index (Phi) is 3.37. The lowest BCUT2D eigenvalue weighted by Gasteiger charge is -2.23. The van der Waals surface area contributed by atoms with Crippen molar-refractivity contribution in [1.82, 2.24) is 0 Å². The number of benzene rings is 2. The number of halogens is 1. The van der Waals surface area contributed by atoms with E-state index in [0.717, 1.165) is 16.8 Å². The summed E-state index contributed by atoms with van der Waals surface area (Å²) in [4.78, 5) is 26.3. The van der Waals surface area contributed by atoms with Crippen LogP contribution in [0.3, 0.4) is 0 Å². The molecule has 0 radical (unpaired) electrons. The van der Waals surface area contributed by atoms with Crippen molar-refractivity contribution < 1.29 is 14.0 Å². The highest BCUT2D eigenvalue weighted by Crippen LogP contribution is 2.50. The molecule has 0 bridgehead atoms. The van der Waals surface area contributed by atoms with Crippen LogP contribution in [0.4, 0.5) is 10.1 Å². The largest absolute Gasteiger partial charge is 0.368 e. The number of fused-ring (bicyclic) bond motifs is 1. The maximum absolute atomic E-state index is 13.4. The van der Waals surface area contributed by atoms with Gasteiger partial charge in [0.1, 0.15) is 11.9 Å². The summed E-state index contributed by atoms with van der Waals surface area (Å²) in [7, 11) is 0. The van der Waals surface area contributed by atoms with Crippen LogP contribution in [0, 0.1) is 11.7 Å². The highest BCUT2D eigenvalue weighted by Gasteiger charge is 2.49. The Bertz CT molecular complexity index is 836. The molecule has 2 N–H and O–H groups in total. The van der Waals surface area contributed by atoms with E-state index in [-0.39, 0.29) is 23.6 Å². The van der Waals surface area contributed by atoms with Crippen molar-refractivity contribution in [2.45, 2.75) is 24.8 Å². The Labute approximate surface area is 139 Å². The molecule has 2 aromatic carbocycles. The fourth-order valence-corrected chi connectivity index (χ4v) is 3.64. The van der Waals surface area contributed by atoms with Crippen LogP contribution in [0.15, 0.2) is 48.5 Å². The predicted octanol–water partition coefficient (Wildman–Crippen LogP) is 2.37. The summed E-state index contributed by atoms with van der Waals surface area (Å²) in [5.74, 6) is -1.11. The van der Waals surface area contributed by atoms with E-state index in [4.69, 9.17) is 5.73 Å². The molecule has 1 heterocycles. The molecule has 1 aliphatic heterocycles. The molecule has 1 saturated carbocycles. The lowest BCUT2D eigenvalue weighted by molar-refractivity contribution is -0.125. The number of nitrogens with two attached hydrogens (primary N) is 1. The highest BCUT2D eigenvalue weighted by molar-refractivity contribution is 6.05. The van der Waals surface area contributed by atoms with E-state index < -0.39 is 11.9 Å². The number of hydrogen-bond acceptors (Lipinski definition) is 2. The third kappa shape index (κ3) is 2.37. The summed E-state index contributed by atoms with van der Waals surface area (Å²) in [6.07, 6.45) is 1.13. The van der Waals surface area contributed by atoms with Gasteiger partial charge in [0.15, 0.2) is 0 Å². The van der Waals surface area contributed by atoms with Gasteiger partial charge in [-0.3, -0.25) is 14.5 Å². The number of primary amides is 1. The average molecular weight is 324 g/mol. The second-order valence-electron chi connectivity index (χ2n) is 6.46. The summed E-state index contributed by atoms with van der Waals surface area (Å²) in [6.45, 7) is 0. The second-order valence-corrected chi connectivity index (χ2v) is 6.46. The zero-order valence-corrected chi connectivity index (χ0v) is 13.0. The van der Waals surface area contributed by atoms with Crippen molar-refractivity contribution in [2.75, 3.05) is 4.90 Å². The maximum Gasteiger partial charge on any atom is 0.240 e. The molecular formula is C19H17FN2O2. The molecule has 3 atom stereocenters. The monoisotopic (exact) mass is 324 g/mol. The Hall–Kier alpha value is -2.69. The first kappa shape index (κ1) is 14.9. The van der Waals surface area contributed by atoms with Crippen LogP contribution < -0.4 is 10.6 Å². The van der Waals surface area contributed by atoms with Crippen molar-refractivity contribution in [3.8, 4) is 0 Å². The highest BCUT2D eigenvalue weighted by atomic mass is 19.1. The summed E-state index contributed by atoms with van der Waals surface area (Å²) < 4.78 is 13.4. The molecule has 0 aromatic heterocycles. The third-order valence-corrected chi connectivity index (χ3v) is 4.93. The fraction of sp³-hybridized carbons (Fsp3) is 0.263. The van der Waals surface area contributed by atoms with E-state index in [1.807, 2.05) is 30.3 Å². The third-order valence-electron chi connectivity index (χ3n) is 4.93. The van der Waals surface area contributed by atoms with Gasteiger partial charge in [0.2, 0.25) is 11.8 Å². The molecule has 5 heteroatoms. The minimum Gasteiger partial charge on any atom is -0.368 e. The summed E-state index contributed by atoms with van der Waals surface area (Å²) in [5.41, 5.74) is 8.06. The number of carbonyl (C=O) groups excluding carboxylic acids is 2. The van der Waals surface area contributed by atoms with Crippen LogP contribution in [0.5, 0.6) is 0 Å². The molecule has 122 valence electrons. The number of amides is 2. The molecule has 4 rings (SSSR count). The summed E-state index contributed by atoms with van der Waals surface area (Å²) >= 11 is 0. The van der Waals surface area contributed by atoms with Crippen LogP contribution in [-0.4, -0.2) is 17.9 Å². The molecule has 0 saturated heterocycles. The van der Waals surface area contributed by atoms with Gasteiger partial charge in [-0.2, -0.15) is 0 Å². The van der Waals surface area contributed by atoms with Gasteiger partial charge in [0.05, 0.1) is 0 Å². The lowest BCUT2D eigenvalue weighted by atomic mass is 10.1. The van der Waals surface area contributed by atoms with Crippen LogP contribution in [0.25, 0.3) is 0 Å². The van der Waals surface area contributed by atoms with Crippen molar-refractivity contribution in [2.24, 2.45) is 11.7 Å². The van der Waals surface area contributed by atoms with Gasteiger partial charge in [-0.25, -0.2) is 4.39 Å². The van der Waals surface area contributed by atoms with Gasteiger partial charge < -0.3 is 5.73 Å². The molecule has 4 nitrogen and oxygen atoms in total.